The van der Waals surface area contributed by atoms with Crippen molar-refractivity contribution in [2.75, 3.05) is 56.0 Å². The molecule has 1 saturated heterocycles. The lowest BCUT2D eigenvalue weighted by atomic mass is 9.67. The average Bonchev–Trinajstić information content (AvgIpc) is 2.85. The maximum Gasteiger partial charge on any atom is 0.229 e. The maximum absolute atomic E-state index is 6.43. The van der Waals surface area contributed by atoms with Gasteiger partial charge < -0.3 is 20.4 Å². The highest BCUT2D eigenvalue weighted by atomic mass is 35.5. The molecule has 6 nitrogen and oxygen atoms in total. The van der Waals surface area contributed by atoms with Crippen LogP contribution < -0.4 is 20.8 Å². The van der Waals surface area contributed by atoms with Gasteiger partial charge in [0.1, 0.15) is 5.02 Å². The lowest BCUT2D eigenvalue weighted by Crippen LogP contribution is -2.58. The van der Waals surface area contributed by atoms with Crippen LogP contribution in [0, 0.1) is 5.41 Å². The van der Waals surface area contributed by atoms with Gasteiger partial charge in [-0.25, -0.2) is 4.98 Å². The van der Waals surface area contributed by atoms with Gasteiger partial charge in [-0.05, 0) is 88.7 Å². The molecule has 190 valence electrons. The molecule has 1 spiro atoms. The molecule has 1 aliphatic heterocycles. The number of halogens is 1. The third-order valence-electron chi connectivity index (χ3n) is 7.67. The van der Waals surface area contributed by atoms with Crippen molar-refractivity contribution in [2.24, 2.45) is 5.41 Å². The first-order valence-electron chi connectivity index (χ1n) is 12.7. The Morgan fingerprint density at radius 3 is 2.36 bits per heavy atom. The molecule has 8 heteroatoms. The first-order valence-corrected chi connectivity index (χ1v) is 15.3. The highest BCUT2D eigenvalue weighted by molar-refractivity contribution is 7.64. The van der Waals surface area contributed by atoms with E-state index in [4.69, 9.17) is 11.6 Å². The third kappa shape index (κ3) is 5.46. The van der Waals surface area contributed by atoms with E-state index in [1.54, 1.807) is 6.20 Å². The van der Waals surface area contributed by atoms with E-state index in [1.165, 1.54) is 49.8 Å². The minimum absolute atomic E-state index is 0.257. The van der Waals surface area contributed by atoms with E-state index in [-0.39, 0.29) is 7.92 Å². The lowest BCUT2D eigenvalue weighted by Gasteiger charge is -2.55. The summed E-state index contributed by atoms with van der Waals surface area (Å²) in [6.45, 7) is 6.83. The molecule has 2 fully saturated rings. The molecule has 1 aliphatic carbocycles. The van der Waals surface area contributed by atoms with E-state index in [1.807, 2.05) is 6.07 Å². The van der Waals surface area contributed by atoms with E-state index in [9.17, 15) is 0 Å². The van der Waals surface area contributed by atoms with Crippen molar-refractivity contribution in [3.05, 3.63) is 59.8 Å². The van der Waals surface area contributed by atoms with Crippen LogP contribution in [0.3, 0.4) is 0 Å². The van der Waals surface area contributed by atoms with Crippen LogP contribution in [0.25, 0.3) is 0 Å². The normalized spacial score (nSPS) is 17.5. The molecule has 1 saturated carbocycles. The molecule has 3 aromatic rings. The standard InChI is InChI=1S/C28H36ClN6P/c1-34(2)21-13-15-28(16-14-21)18-35(19-28)22-11-9-20(10-12-22)31-27-30-17-23(29)26(33-27)32-24-7-5-6-8-25(24)36(3)4/h5-12,17,21H,13-16,18-19H2,1-4H3,(H2,30,31,32,33). The second kappa shape index (κ2) is 10.5. The number of aromatic nitrogens is 2. The molecule has 1 aromatic heterocycles. The first kappa shape index (κ1) is 25.3. The molecular formula is C28H36ClN6P. The van der Waals surface area contributed by atoms with Gasteiger partial charge in [-0.3, -0.25) is 0 Å². The fourth-order valence-corrected chi connectivity index (χ4v) is 6.62. The monoisotopic (exact) mass is 522 g/mol. The minimum atomic E-state index is -0.257. The van der Waals surface area contributed by atoms with Gasteiger partial charge in [0, 0.05) is 41.6 Å². The lowest BCUT2D eigenvalue weighted by molar-refractivity contribution is 0.0888. The van der Waals surface area contributed by atoms with Gasteiger partial charge in [-0.2, -0.15) is 4.98 Å². The van der Waals surface area contributed by atoms with Crippen LogP contribution in [0.2, 0.25) is 5.02 Å². The molecule has 2 aliphatic rings. The number of rotatable bonds is 7. The molecule has 0 bridgehead atoms. The first-order chi connectivity index (χ1) is 17.3. The number of hydrogen-bond donors (Lipinski definition) is 2. The van der Waals surface area contributed by atoms with Gasteiger partial charge in [0.05, 0.1) is 6.20 Å². The number of nitrogens with zero attached hydrogens (tertiary/aromatic N) is 4. The predicted molar refractivity (Wildman–Crippen MR) is 155 cm³/mol. The number of anilines is 5. The van der Waals surface area contributed by atoms with Crippen molar-refractivity contribution >= 4 is 53.7 Å². The Bertz CT molecular complexity index is 1180. The van der Waals surface area contributed by atoms with Crippen LogP contribution in [0.15, 0.2) is 54.7 Å². The number of hydrogen-bond acceptors (Lipinski definition) is 6. The summed E-state index contributed by atoms with van der Waals surface area (Å²) in [5.74, 6) is 1.12. The zero-order valence-corrected chi connectivity index (χ0v) is 23.3. The zero-order valence-electron chi connectivity index (χ0n) is 21.6. The Morgan fingerprint density at radius 1 is 1.00 bits per heavy atom. The van der Waals surface area contributed by atoms with E-state index >= 15 is 0 Å². The summed E-state index contributed by atoms with van der Waals surface area (Å²) in [5, 5.41) is 8.51. The van der Waals surface area contributed by atoms with E-state index in [0.29, 0.717) is 22.2 Å². The largest absolute Gasteiger partial charge is 0.370 e. The van der Waals surface area contributed by atoms with Gasteiger partial charge in [-0.1, -0.05) is 37.7 Å². The van der Waals surface area contributed by atoms with Crippen molar-refractivity contribution < 1.29 is 0 Å². The zero-order chi connectivity index (χ0) is 25.3. The Kier molecular flexibility index (Phi) is 7.39. The molecule has 36 heavy (non-hydrogen) atoms. The second-order valence-electron chi connectivity index (χ2n) is 10.6. The fourth-order valence-electron chi connectivity index (χ4n) is 5.49. The van der Waals surface area contributed by atoms with Crippen LogP contribution in [-0.4, -0.2) is 61.4 Å². The van der Waals surface area contributed by atoms with Gasteiger partial charge in [0.2, 0.25) is 5.95 Å². The smallest absolute Gasteiger partial charge is 0.229 e. The Morgan fingerprint density at radius 2 is 1.69 bits per heavy atom. The molecular weight excluding hydrogens is 487 g/mol. The SMILES string of the molecule is CN(C)C1CCC2(CC1)CN(c1ccc(Nc3ncc(Cl)c(Nc4ccccc4P(C)C)n3)cc1)C2. The van der Waals surface area contributed by atoms with Crippen molar-refractivity contribution in [1.29, 1.82) is 0 Å². The Labute approximate surface area is 221 Å². The quantitative estimate of drug-likeness (QED) is 0.355. The van der Waals surface area contributed by atoms with Crippen LogP contribution in [0.1, 0.15) is 25.7 Å². The van der Waals surface area contributed by atoms with Gasteiger partial charge in [0.15, 0.2) is 5.82 Å². The highest BCUT2D eigenvalue weighted by Crippen LogP contribution is 2.46. The van der Waals surface area contributed by atoms with Gasteiger partial charge in [0.25, 0.3) is 0 Å². The maximum atomic E-state index is 6.43. The number of benzene rings is 2. The van der Waals surface area contributed by atoms with Gasteiger partial charge in [-0.15, -0.1) is 0 Å². The summed E-state index contributed by atoms with van der Waals surface area (Å²) in [7, 11) is 4.17. The van der Waals surface area contributed by atoms with Gasteiger partial charge >= 0.3 is 0 Å². The average molecular weight is 523 g/mol. The molecule has 0 amide bonds. The van der Waals surface area contributed by atoms with Crippen LogP contribution in [0.4, 0.5) is 28.8 Å². The Hall–Kier alpha value is -2.40. The van der Waals surface area contributed by atoms with E-state index in [0.717, 1.165) is 17.4 Å². The summed E-state index contributed by atoms with van der Waals surface area (Å²) in [6.07, 6.45) is 6.98. The van der Waals surface area contributed by atoms with Crippen molar-refractivity contribution in [2.45, 2.75) is 31.7 Å². The van der Waals surface area contributed by atoms with E-state index < -0.39 is 0 Å². The molecule has 0 unspecified atom stereocenters. The van der Waals surface area contributed by atoms with Crippen molar-refractivity contribution in [1.82, 2.24) is 14.9 Å². The number of nitrogens with one attached hydrogen (secondary N) is 2. The van der Waals surface area contributed by atoms with Crippen molar-refractivity contribution in [3.63, 3.8) is 0 Å². The van der Waals surface area contributed by atoms with E-state index in [2.05, 4.69) is 100 Å². The highest BCUT2D eigenvalue weighted by Gasteiger charge is 2.45. The molecule has 2 heterocycles. The van der Waals surface area contributed by atoms with Crippen LogP contribution >= 0.6 is 19.5 Å². The molecule has 5 rings (SSSR count). The molecule has 0 radical (unpaired) electrons. The van der Waals surface area contributed by atoms with Crippen LogP contribution in [0.5, 0.6) is 0 Å². The third-order valence-corrected chi connectivity index (χ3v) is 9.30. The minimum Gasteiger partial charge on any atom is -0.370 e. The molecule has 0 atom stereocenters. The number of para-hydroxylation sites is 1. The second-order valence-corrected chi connectivity index (χ2v) is 13.3. The topological polar surface area (TPSA) is 56.3 Å². The summed E-state index contributed by atoms with van der Waals surface area (Å²) >= 11 is 6.43. The Balaban J connectivity index is 1.21. The predicted octanol–water partition coefficient (Wildman–Crippen LogP) is 6.29. The summed E-state index contributed by atoms with van der Waals surface area (Å²) in [5.41, 5.74) is 3.80. The molecule has 2 aromatic carbocycles. The van der Waals surface area contributed by atoms with Crippen molar-refractivity contribution in [3.8, 4) is 0 Å². The molecule has 2 N–H and O–H groups in total. The summed E-state index contributed by atoms with van der Waals surface area (Å²) < 4.78 is 0. The summed E-state index contributed by atoms with van der Waals surface area (Å²) in [6, 6.07) is 17.6. The van der Waals surface area contributed by atoms with Crippen LogP contribution in [-0.2, 0) is 0 Å². The summed E-state index contributed by atoms with van der Waals surface area (Å²) in [4.78, 5) is 13.9. The fraction of sp³-hybridized carbons (Fsp3) is 0.429.